The summed E-state index contributed by atoms with van der Waals surface area (Å²) >= 11 is 0. The van der Waals surface area contributed by atoms with Gasteiger partial charge in [-0.1, -0.05) is 60.7 Å². The average molecular weight is 892 g/mol. The van der Waals surface area contributed by atoms with E-state index in [2.05, 4.69) is 31.9 Å². The second kappa shape index (κ2) is 27.7. The van der Waals surface area contributed by atoms with Crippen LogP contribution < -0.4 is 53.4 Å². The highest BCUT2D eigenvalue weighted by molar-refractivity contribution is 5.97. The Morgan fingerprint density at radius 2 is 0.905 bits per heavy atom. The van der Waals surface area contributed by atoms with Gasteiger partial charge in [-0.3, -0.25) is 24.0 Å². The van der Waals surface area contributed by atoms with E-state index in [0.717, 1.165) is 11.1 Å². The van der Waals surface area contributed by atoms with Gasteiger partial charge in [-0.2, -0.15) is 9.13 Å². The Hall–Kier alpha value is -7.08. The van der Waals surface area contributed by atoms with Crippen molar-refractivity contribution in [3.63, 3.8) is 0 Å². The van der Waals surface area contributed by atoms with E-state index in [0.29, 0.717) is 24.0 Å². The number of halogens is 1. The Morgan fingerprint density at radius 3 is 1.25 bits per heavy atom. The summed E-state index contributed by atoms with van der Waals surface area (Å²) in [6.45, 7) is 8.36. The van der Waals surface area contributed by atoms with E-state index in [1.165, 1.54) is 19.1 Å². The summed E-state index contributed by atoms with van der Waals surface area (Å²) in [6.07, 6.45) is 6.70. The highest BCUT2D eigenvalue weighted by Crippen LogP contribution is 2.04. The van der Waals surface area contributed by atoms with Crippen molar-refractivity contribution in [2.24, 2.45) is 0 Å². The lowest BCUT2D eigenvalue weighted by Crippen LogP contribution is -3.00. The molecule has 2 heterocycles. The fourth-order valence-corrected chi connectivity index (χ4v) is 5.43. The molecule has 2 aromatic carbocycles. The molecule has 3 atom stereocenters. The first-order chi connectivity index (χ1) is 29.6. The van der Waals surface area contributed by atoms with Crippen LogP contribution in [0, 0.1) is 0 Å². The predicted molar refractivity (Wildman–Crippen MR) is 225 cm³/mol. The summed E-state index contributed by atoms with van der Waals surface area (Å²) in [5.41, 5.74) is 2.94. The van der Waals surface area contributed by atoms with Gasteiger partial charge >= 0.3 is 18.2 Å². The van der Waals surface area contributed by atoms with Crippen LogP contribution in [0.3, 0.4) is 0 Å². The van der Waals surface area contributed by atoms with Gasteiger partial charge in [0.1, 0.15) is 6.04 Å². The van der Waals surface area contributed by atoms with Crippen LogP contribution in [0.15, 0.2) is 110 Å². The Morgan fingerprint density at radius 1 is 0.540 bits per heavy atom. The molecular weight excluding hydrogens is 836 g/mol. The zero-order valence-electron chi connectivity index (χ0n) is 35.8. The molecule has 0 saturated carbocycles. The van der Waals surface area contributed by atoms with Gasteiger partial charge in [0.25, 0.3) is 25.3 Å². The van der Waals surface area contributed by atoms with Crippen LogP contribution in [-0.2, 0) is 50.2 Å². The Balaban J connectivity index is 0.000000428. The predicted octanol–water partition coefficient (Wildman–Crippen LogP) is -0.844. The molecule has 18 nitrogen and oxygen atoms in total. The molecular formula is C44H56ClN8O10+. The van der Waals surface area contributed by atoms with Crippen molar-refractivity contribution >= 4 is 41.8 Å². The number of rotatable bonds is 19. The van der Waals surface area contributed by atoms with E-state index >= 15 is 0 Å². The van der Waals surface area contributed by atoms with Crippen LogP contribution in [0.25, 0.3) is 0 Å². The van der Waals surface area contributed by atoms with Crippen LogP contribution in [0.2, 0.25) is 0 Å². The number of hydrogen-bond donors (Lipinski definition) is 7. The number of benzene rings is 2. The number of carboxylic acids is 1. The van der Waals surface area contributed by atoms with E-state index in [4.69, 9.17) is 14.6 Å². The Bertz CT molecular complexity index is 2080. The Labute approximate surface area is 372 Å². The fraction of sp³-hybridized carbons (Fsp3) is 0.341. The number of carboxylic acid groups (broad SMARTS) is 1. The molecule has 0 bridgehead atoms. The molecule has 63 heavy (non-hydrogen) atoms. The first-order valence-corrected chi connectivity index (χ1v) is 19.9. The number of nitrogens with zero attached hydrogens (tertiary/aromatic N) is 2. The zero-order valence-corrected chi connectivity index (χ0v) is 36.6. The maximum Gasteiger partial charge on any atom is 0.412 e. The van der Waals surface area contributed by atoms with E-state index in [9.17, 15) is 33.6 Å². The standard InChI is InChI=1S/C22H26N4O6.C22H28N4O4.ClH/c1-15(12-17-6-4-3-5-7-17)24-22(31)32-14-26-10-8-18(9-11-26)20(28)23-13-19(27)25-16(2)21(29)30;1-16(2)24-20(27)14-23-21(28)19-9-11-26(12-10-19)15-30-22(29)25-17(3)13-18-7-5-4-6-8-18;/h3-11,15-16H,12-14H2,1-2H3,(H3-,23,24,25,27,28,29,30,31);4-12,16-17H,13-15H2,1-3H3,(H2-,23,24,25,27,28,29);1H/p+1/t15-,16-;17-;/m00./s1. The summed E-state index contributed by atoms with van der Waals surface area (Å²) < 4.78 is 13.6. The fourth-order valence-electron chi connectivity index (χ4n) is 5.43. The molecule has 0 radical (unpaired) electrons. The average Bonchev–Trinajstić information content (AvgIpc) is 3.24. The minimum Gasteiger partial charge on any atom is -1.00 e. The van der Waals surface area contributed by atoms with Crippen molar-refractivity contribution in [2.45, 2.75) is 85.1 Å². The number of ether oxygens (including phenoxy) is 2. The number of carbonyl (C=O) groups excluding carboxylic acids is 6. The van der Waals surface area contributed by atoms with Gasteiger partial charge in [-0.05, 0) is 58.6 Å². The third kappa shape index (κ3) is 21.3. The summed E-state index contributed by atoms with van der Waals surface area (Å²) in [7, 11) is 0. The van der Waals surface area contributed by atoms with Crippen molar-refractivity contribution in [1.29, 1.82) is 0 Å². The lowest BCUT2D eigenvalue weighted by atomic mass is 10.1. The second-order valence-electron chi connectivity index (χ2n) is 14.5. The van der Waals surface area contributed by atoms with E-state index in [1.807, 2.05) is 88.4 Å². The van der Waals surface area contributed by atoms with Gasteiger partial charge in [0.15, 0.2) is 24.8 Å². The van der Waals surface area contributed by atoms with Gasteiger partial charge < -0.3 is 58.9 Å². The lowest BCUT2D eigenvalue weighted by Gasteiger charge is -2.13. The number of hydrogen-bond acceptors (Lipinski definition) is 9. The van der Waals surface area contributed by atoms with Gasteiger partial charge in [-0.25, -0.2) is 9.59 Å². The molecule has 6 amide bonds. The molecule has 2 aromatic heterocycles. The van der Waals surface area contributed by atoms with Crippen LogP contribution in [0.4, 0.5) is 9.59 Å². The quantitative estimate of drug-likeness (QED) is 0.0577. The number of aliphatic carboxylic acids is 1. The summed E-state index contributed by atoms with van der Waals surface area (Å²) in [5.74, 6) is -2.87. The van der Waals surface area contributed by atoms with Crippen LogP contribution in [-0.4, -0.2) is 84.1 Å². The minimum atomic E-state index is -1.17. The van der Waals surface area contributed by atoms with Gasteiger partial charge in [-0.15, -0.1) is 0 Å². The molecule has 4 aromatic rings. The van der Waals surface area contributed by atoms with E-state index in [-0.39, 0.29) is 68.9 Å². The van der Waals surface area contributed by atoms with Crippen molar-refractivity contribution in [2.75, 3.05) is 13.1 Å². The Kier molecular flexibility index (Phi) is 22.9. The number of amides is 6. The maximum atomic E-state index is 12.1. The van der Waals surface area contributed by atoms with Crippen molar-refractivity contribution in [3.8, 4) is 0 Å². The third-order valence-corrected chi connectivity index (χ3v) is 8.51. The molecule has 0 spiro atoms. The van der Waals surface area contributed by atoms with E-state index < -0.39 is 36.0 Å². The maximum absolute atomic E-state index is 12.1. The van der Waals surface area contributed by atoms with Crippen molar-refractivity contribution in [3.05, 3.63) is 132 Å². The minimum absolute atomic E-state index is 0. The molecule has 0 saturated heterocycles. The van der Waals surface area contributed by atoms with E-state index in [1.54, 1.807) is 46.1 Å². The first-order valence-electron chi connectivity index (χ1n) is 19.9. The second-order valence-corrected chi connectivity index (χ2v) is 14.5. The normalized spacial score (nSPS) is 11.7. The molecule has 0 fully saturated rings. The summed E-state index contributed by atoms with van der Waals surface area (Å²) in [5, 5.41) is 24.2. The van der Waals surface area contributed by atoms with Crippen LogP contribution in [0.5, 0.6) is 0 Å². The number of aromatic nitrogens is 2. The monoisotopic (exact) mass is 891 g/mol. The molecule has 0 aliphatic carbocycles. The van der Waals surface area contributed by atoms with Crippen LogP contribution in [0.1, 0.15) is 66.5 Å². The highest BCUT2D eigenvalue weighted by atomic mass is 35.5. The number of nitrogens with one attached hydrogen (secondary N) is 6. The zero-order chi connectivity index (χ0) is 45.4. The first kappa shape index (κ1) is 52.1. The van der Waals surface area contributed by atoms with Crippen LogP contribution >= 0.6 is 0 Å². The summed E-state index contributed by atoms with van der Waals surface area (Å²) in [4.78, 5) is 82.1. The molecule has 0 aliphatic heterocycles. The molecule has 0 unspecified atom stereocenters. The molecule has 7 N–H and O–H groups in total. The lowest BCUT2D eigenvalue weighted by molar-refractivity contribution is -0.727. The number of pyridine rings is 2. The topological polar surface area (TPSA) is 238 Å². The summed E-state index contributed by atoms with van der Waals surface area (Å²) in [6, 6.07) is 24.7. The number of carbonyl (C=O) groups is 7. The van der Waals surface area contributed by atoms with Crippen molar-refractivity contribution in [1.82, 2.24) is 31.9 Å². The number of alkyl carbamates (subject to hydrolysis) is 2. The van der Waals surface area contributed by atoms with Gasteiger partial charge in [0.05, 0.1) is 24.2 Å². The van der Waals surface area contributed by atoms with Crippen molar-refractivity contribution < 1.29 is 69.7 Å². The smallest absolute Gasteiger partial charge is 0.412 e. The van der Waals surface area contributed by atoms with Gasteiger partial charge in [0.2, 0.25) is 11.8 Å². The third-order valence-electron chi connectivity index (χ3n) is 8.51. The molecule has 338 valence electrons. The molecule has 0 aliphatic rings. The van der Waals surface area contributed by atoms with Gasteiger partial charge in [0, 0.05) is 42.4 Å². The SMILES string of the molecule is CC(C)NC(=O)CNC(=O)c1cc[n+](COC(=O)N[C@@H](C)Cc2ccccc2)cc1.C[C@H](NC(=O)CNC(=O)c1cc[n+](COC(=O)N[C@@H](C)Cc2ccccc2)cc1)C(=O)O.[Cl-]. The largest absolute Gasteiger partial charge is 1.00 e. The highest BCUT2D eigenvalue weighted by Gasteiger charge is 2.17. The molecule has 4 rings (SSSR count). The molecule has 19 heteroatoms.